The number of benzene rings is 1. The molecule has 1 aromatic carbocycles. The van der Waals surface area contributed by atoms with Crippen molar-refractivity contribution in [1.82, 2.24) is 14.9 Å². The van der Waals surface area contributed by atoms with Gasteiger partial charge in [0.25, 0.3) is 5.91 Å². The van der Waals surface area contributed by atoms with Gasteiger partial charge in [0.05, 0.1) is 5.56 Å². The molecular weight excluding hydrogens is 374 g/mol. The van der Waals surface area contributed by atoms with Crippen molar-refractivity contribution in [3.8, 4) is 0 Å². The smallest absolute Gasteiger partial charge is 0.338 e. The fourth-order valence-corrected chi connectivity index (χ4v) is 4.14. The van der Waals surface area contributed by atoms with E-state index in [4.69, 9.17) is 4.74 Å². The second-order valence-corrected chi connectivity index (χ2v) is 7.84. The number of nitrogens with zero attached hydrogens (tertiary/aromatic N) is 3. The average Bonchev–Trinajstić information content (AvgIpc) is 2.70. The number of piperidine rings is 1. The standard InChI is InChI=1S/C21H25N3O3S/c1-15-12-16(2)23-21(22-15)28-14-17-8-4-5-9-18(17)20(26)27-13-19(25)24-10-6-3-7-11-24/h4-5,8-9,12H,3,6-7,10-11,13-14H2,1-2H3. The summed E-state index contributed by atoms with van der Waals surface area (Å²) in [6, 6.07) is 9.22. The van der Waals surface area contributed by atoms with Crippen LogP contribution in [0.15, 0.2) is 35.5 Å². The second kappa shape index (κ2) is 9.68. The van der Waals surface area contributed by atoms with E-state index in [2.05, 4.69) is 9.97 Å². The summed E-state index contributed by atoms with van der Waals surface area (Å²) in [5, 5.41) is 0.681. The first-order valence-electron chi connectivity index (χ1n) is 9.51. The summed E-state index contributed by atoms with van der Waals surface area (Å²) in [4.78, 5) is 35.4. The lowest BCUT2D eigenvalue weighted by Gasteiger charge is -2.26. The normalized spacial score (nSPS) is 14.0. The summed E-state index contributed by atoms with van der Waals surface area (Å²) in [6.45, 7) is 5.16. The van der Waals surface area contributed by atoms with Crippen LogP contribution in [0, 0.1) is 13.8 Å². The minimum atomic E-state index is -0.470. The number of esters is 1. The van der Waals surface area contributed by atoms with Crippen molar-refractivity contribution >= 4 is 23.6 Å². The SMILES string of the molecule is Cc1cc(C)nc(SCc2ccccc2C(=O)OCC(=O)N2CCCCC2)n1. The molecule has 0 radical (unpaired) electrons. The fourth-order valence-electron chi connectivity index (χ4n) is 3.19. The summed E-state index contributed by atoms with van der Waals surface area (Å²) >= 11 is 1.48. The maximum atomic E-state index is 12.5. The lowest BCUT2D eigenvalue weighted by atomic mass is 10.1. The van der Waals surface area contributed by atoms with Crippen molar-refractivity contribution in [1.29, 1.82) is 0 Å². The summed E-state index contributed by atoms with van der Waals surface area (Å²) in [6.07, 6.45) is 3.18. The number of ether oxygens (including phenoxy) is 1. The molecule has 1 aliphatic heterocycles. The van der Waals surface area contributed by atoms with E-state index in [1.54, 1.807) is 17.0 Å². The number of hydrogen-bond donors (Lipinski definition) is 0. The number of likely N-dealkylation sites (tertiary alicyclic amines) is 1. The van der Waals surface area contributed by atoms with Gasteiger partial charge < -0.3 is 9.64 Å². The lowest BCUT2D eigenvalue weighted by Crippen LogP contribution is -2.38. The lowest BCUT2D eigenvalue weighted by molar-refractivity contribution is -0.135. The van der Waals surface area contributed by atoms with Gasteiger partial charge in [-0.1, -0.05) is 30.0 Å². The molecular formula is C21H25N3O3S. The van der Waals surface area contributed by atoms with Crippen molar-refractivity contribution < 1.29 is 14.3 Å². The van der Waals surface area contributed by atoms with E-state index in [1.807, 2.05) is 32.0 Å². The number of amides is 1. The van der Waals surface area contributed by atoms with E-state index >= 15 is 0 Å². The highest BCUT2D eigenvalue weighted by atomic mass is 32.2. The minimum absolute atomic E-state index is 0.122. The third kappa shape index (κ3) is 5.55. The fraction of sp³-hybridized carbons (Fsp3) is 0.429. The minimum Gasteiger partial charge on any atom is -0.452 e. The molecule has 1 aromatic heterocycles. The number of carbonyl (C=O) groups is 2. The molecule has 0 atom stereocenters. The van der Waals surface area contributed by atoms with Gasteiger partial charge in [0.2, 0.25) is 0 Å². The molecule has 0 aliphatic carbocycles. The highest BCUT2D eigenvalue weighted by Gasteiger charge is 2.19. The zero-order chi connectivity index (χ0) is 19.9. The molecule has 0 bridgehead atoms. The first-order chi connectivity index (χ1) is 13.5. The Balaban J connectivity index is 1.60. The number of rotatable bonds is 6. The third-order valence-corrected chi connectivity index (χ3v) is 5.49. The van der Waals surface area contributed by atoms with Gasteiger partial charge >= 0.3 is 5.97 Å². The van der Waals surface area contributed by atoms with Gasteiger partial charge in [-0.3, -0.25) is 4.79 Å². The zero-order valence-electron chi connectivity index (χ0n) is 16.3. The van der Waals surface area contributed by atoms with Crippen molar-refractivity contribution in [2.24, 2.45) is 0 Å². The van der Waals surface area contributed by atoms with Crippen LogP contribution in [-0.4, -0.2) is 46.4 Å². The van der Waals surface area contributed by atoms with E-state index in [9.17, 15) is 9.59 Å². The Morgan fingerprint density at radius 3 is 2.46 bits per heavy atom. The van der Waals surface area contributed by atoms with Gasteiger partial charge in [-0.2, -0.15) is 0 Å². The molecule has 0 unspecified atom stereocenters. The van der Waals surface area contributed by atoms with Crippen molar-refractivity contribution in [3.05, 3.63) is 52.8 Å². The molecule has 1 aliphatic rings. The van der Waals surface area contributed by atoms with Crippen LogP contribution in [0.5, 0.6) is 0 Å². The highest BCUT2D eigenvalue weighted by Crippen LogP contribution is 2.23. The Labute approximate surface area is 169 Å². The number of carbonyl (C=O) groups excluding carboxylic acids is 2. The molecule has 2 heterocycles. The Bertz CT molecular complexity index is 830. The van der Waals surface area contributed by atoms with Crippen LogP contribution < -0.4 is 0 Å². The number of thioether (sulfide) groups is 1. The topological polar surface area (TPSA) is 72.4 Å². The zero-order valence-corrected chi connectivity index (χ0v) is 17.1. The van der Waals surface area contributed by atoms with E-state index in [0.29, 0.717) is 16.5 Å². The van der Waals surface area contributed by atoms with Gasteiger partial charge in [-0.05, 0) is 50.8 Å². The largest absolute Gasteiger partial charge is 0.452 e. The molecule has 0 N–H and O–H groups in total. The first kappa shape index (κ1) is 20.3. The van der Waals surface area contributed by atoms with Gasteiger partial charge in [0.15, 0.2) is 11.8 Å². The quantitative estimate of drug-likeness (QED) is 0.420. The molecule has 28 heavy (non-hydrogen) atoms. The highest BCUT2D eigenvalue weighted by molar-refractivity contribution is 7.98. The van der Waals surface area contributed by atoms with Crippen LogP contribution in [0.1, 0.15) is 46.6 Å². The molecule has 1 fully saturated rings. The molecule has 6 nitrogen and oxygen atoms in total. The number of aryl methyl sites for hydroxylation is 2. The number of hydrogen-bond acceptors (Lipinski definition) is 6. The Morgan fingerprint density at radius 2 is 1.75 bits per heavy atom. The molecule has 3 rings (SSSR count). The van der Waals surface area contributed by atoms with E-state index in [1.165, 1.54) is 11.8 Å². The van der Waals surface area contributed by atoms with Crippen LogP contribution in [-0.2, 0) is 15.3 Å². The molecule has 2 aromatic rings. The average molecular weight is 400 g/mol. The Morgan fingerprint density at radius 1 is 1.07 bits per heavy atom. The monoisotopic (exact) mass is 399 g/mol. The van der Waals surface area contributed by atoms with E-state index in [-0.39, 0.29) is 12.5 Å². The third-order valence-electron chi connectivity index (χ3n) is 4.59. The van der Waals surface area contributed by atoms with E-state index in [0.717, 1.165) is 49.3 Å². The second-order valence-electron chi connectivity index (χ2n) is 6.90. The van der Waals surface area contributed by atoms with Gasteiger partial charge in [-0.15, -0.1) is 0 Å². The molecule has 0 spiro atoms. The molecule has 0 saturated carbocycles. The Kier molecular flexibility index (Phi) is 7.03. The van der Waals surface area contributed by atoms with Crippen LogP contribution in [0.25, 0.3) is 0 Å². The summed E-state index contributed by atoms with van der Waals surface area (Å²) in [7, 11) is 0. The summed E-state index contributed by atoms with van der Waals surface area (Å²) in [5.41, 5.74) is 3.15. The number of aromatic nitrogens is 2. The van der Waals surface area contributed by atoms with Crippen molar-refractivity contribution in [2.75, 3.05) is 19.7 Å². The maximum Gasteiger partial charge on any atom is 0.338 e. The van der Waals surface area contributed by atoms with Gasteiger partial charge in [0, 0.05) is 30.2 Å². The summed E-state index contributed by atoms with van der Waals surface area (Å²) in [5.74, 6) is -0.0414. The van der Waals surface area contributed by atoms with Gasteiger partial charge in [-0.25, -0.2) is 14.8 Å². The van der Waals surface area contributed by atoms with E-state index < -0.39 is 5.97 Å². The van der Waals surface area contributed by atoms with Crippen LogP contribution in [0.3, 0.4) is 0 Å². The van der Waals surface area contributed by atoms with Crippen molar-refractivity contribution in [2.45, 2.75) is 44.0 Å². The predicted octanol–water partition coefficient (Wildman–Crippen LogP) is 3.56. The molecule has 148 valence electrons. The van der Waals surface area contributed by atoms with Crippen LogP contribution in [0.2, 0.25) is 0 Å². The molecule has 1 amide bonds. The van der Waals surface area contributed by atoms with Crippen molar-refractivity contribution in [3.63, 3.8) is 0 Å². The van der Waals surface area contributed by atoms with Crippen LogP contribution in [0.4, 0.5) is 0 Å². The van der Waals surface area contributed by atoms with Crippen LogP contribution >= 0.6 is 11.8 Å². The molecule has 7 heteroatoms. The molecule has 1 saturated heterocycles. The summed E-state index contributed by atoms with van der Waals surface area (Å²) < 4.78 is 5.30. The van der Waals surface area contributed by atoms with Gasteiger partial charge in [0.1, 0.15) is 0 Å². The predicted molar refractivity (Wildman–Crippen MR) is 108 cm³/mol. The first-order valence-corrected chi connectivity index (χ1v) is 10.5. The Hall–Kier alpha value is -2.41. The maximum absolute atomic E-state index is 12.5.